The highest BCUT2D eigenvalue weighted by Crippen LogP contribution is 2.21. The first-order valence-corrected chi connectivity index (χ1v) is 9.42. The molecule has 1 atom stereocenters. The molecular weight excluding hydrogens is 371 g/mol. The highest BCUT2D eigenvalue weighted by molar-refractivity contribution is 5.97. The SMILES string of the molecule is CCn1nnc2cc(C(=O)NC(C)c3cnn(-c4ccc(F)cc4)c3C)ccc21. The van der Waals surface area contributed by atoms with Crippen molar-refractivity contribution in [1.82, 2.24) is 30.1 Å². The Morgan fingerprint density at radius 2 is 1.97 bits per heavy atom. The third kappa shape index (κ3) is 3.49. The van der Waals surface area contributed by atoms with Crippen LogP contribution in [0.2, 0.25) is 0 Å². The molecule has 0 bridgehead atoms. The van der Waals surface area contributed by atoms with E-state index in [0.29, 0.717) is 11.1 Å². The van der Waals surface area contributed by atoms with Crippen LogP contribution in [-0.4, -0.2) is 30.7 Å². The molecule has 0 radical (unpaired) electrons. The molecule has 1 unspecified atom stereocenters. The summed E-state index contributed by atoms with van der Waals surface area (Å²) in [6, 6.07) is 11.2. The number of hydrogen-bond donors (Lipinski definition) is 1. The molecule has 0 aliphatic carbocycles. The predicted molar refractivity (Wildman–Crippen MR) is 107 cm³/mol. The molecule has 148 valence electrons. The maximum atomic E-state index is 13.2. The van der Waals surface area contributed by atoms with Gasteiger partial charge < -0.3 is 5.32 Å². The zero-order chi connectivity index (χ0) is 20.5. The summed E-state index contributed by atoms with van der Waals surface area (Å²) in [6.07, 6.45) is 1.72. The van der Waals surface area contributed by atoms with E-state index in [1.165, 1.54) is 12.1 Å². The van der Waals surface area contributed by atoms with Gasteiger partial charge in [-0.15, -0.1) is 5.10 Å². The minimum absolute atomic E-state index is 0.195. The van der Waals surface area contributed by atoms with Crippen LogP contribution in [0.3, 0.4) is 0 Å². The third-order valence-electron chi connectivity index (χ3n) is 5.01. The van der Waals surface area contributed by atoms with Gasteiger partial charge in [0.2, 0.25) is 0 Å². The zero-order valence-electron chi connectivity index (χ0n) is 16.4. The van der Waals surface area contributed by atoms with Gasteiger partial charge in [0.25, 0.3) is 5.91 Å². The maximum Gasteiger partial charge on any atom is 0.251 e. The number of aryl methyl sites for hydroxylation is 1. The van der Waals surface area contributed by atoms with Gasteiger partial charge in [-0.1, -0.05) is 5.21 Å². The van der Waals surface area contributed by atoms with Gasteiger partial charge in [-0.2, -0.15) is 5.10 Å². The summed E-state index contributed by atoms with van der Waals surface area (Å²) in [5.74, 6) is -0.491. The summed E-state index contributed by atoms with van der Waals surface area (Å²) in [5.41, 5.74) is 4.64. The lowest BCUT2D eigenvalue weighted by Gasteiger charge is -2.14. The average molecular weight is 392 g/mol. The second-order valence-corrected chi connectivity index (χ2v) is 6.88. The van der Waals surface area contributed by atoms with Crippen molar-refractivity contribution in [3.63, 3.8) is 0 Å². The molecule has 0 saturated carbocycles. The Morgan fingerprint density at radius 3 is 2.69 bits per heavy atom. The molecule has 0 aliphatic heterocycles. The van der Waals surface area contributed by atoms with Crippen LogP contribution in [0.25, 0.3) is 16.7 Å². The molecule has 0 aliphatic rings. The number of amides is 1. The summed E-state index contributed by atoms with van der Waals surface area (Å²) in [4.78, 5) is 12.7. The summed E-state index contributed by atoms with van der Waals surface area (Å²) < 4.78 is 16.7. The highest BCUT2D eigenvalue weighted by atomic mass is 19.1. The minimum Gasteiger partial charge on any atom is -0.345 e. The summed E-state index contributed by atoms with van der Waals surface area (Å²) in [7, 11) is 0. The fourth-order valence-corrected chi connectivity index (χ4v) is 3.39. The first-order chi connectivity index (χ1) is 14.0. The normalized spacial score (nSPS) is 12.3. The standard InChI is InChI=1S/C21H21FN6O/c1-4-27-20-10-5-15(11-19(20)25-26-27)21(29)24-13(2)18-12-23-28(14(18)3)17-8-6-16(22)7-9-17/h5-13H,4H2,1-3H3,(H,24,29). The van der Waals surface area contributed by atoms with E-state index in [0.717, 1.165) is 29.0 Å². The first kappa shape index (κ1) is 18.8. The van der Waals surface area contributed by atoms with Gasteiger partial charge in [0.1, 0.15) is 11.3 Å². The molecule has 4 aromatic rings. The average Bonchev–Trinajstić information content (AvgIpc) is 3.31. The third-order valence-corrected chi connectivity index (χ3v) is 5.01. The first-order valence-electron chi connectivity index (χ1n) is 9.42. The molecular formula is C21H21FN6O. The Bertz CT molecular complexity index is 1180. The number of fused-ring (bicyclic) bond motifs is 1. The number of carbonyl (C=O) groups is 1. The summed E-state index contributed by atoms with van der Waals surface area (Å²) >= 11 is 0. The number of nitrogens with zero attached hydrogens (tertiary/aromatic N) is 5. The van der Waals surface area contributed by atoms with E-state index in [-0.39, 0.29) is 17.8 Å². The monoisotopic (exact) mass is 392 g/mol. The van der Waals surface area contributed by atoms with Gasteiger partial charge in [0.15, 0.2) is 0 Å². The second kappa shape index (κ2) is 7.46. The highest BCUT2D eigenvalue weighted by Gasteiger charge is 2.18. The number of nitrogens with one attached hydrogen (secondary N) is 1. The molecule has 0 saturated heterocycles. The molecule has 0 fully saturated rings. The summed E-state index contributed by atoms with van der Waals surface area (Å²) in [6.45, 7) is 6.54. The Hall–Kier alpha value is -3.55. The Morgan fingerprint density at radius 1 is 1.21 bits per heavy atom. The lowest BCUT2D eigenvalue weighted by atomic mass is 10.1. The van der Waals surface area contributed by atoms with Gasteiger partial charge in [-0.05, 0) is 63.2 Å². The van der Waals surface area contributed by atoms with Crippen molar-refractivity contribution in [2.45, 2.75) is 33.4 Å². The van der Waals surface area contributed by atoms with E-state index in [1.807, 2.05) is 26.8 Å². The predicted octanol–water partition coefficient (Wildman–Crippen LogP) is 3.58. The van der Waals surface area contributed by atoms with Crippen LogP contribution in [0.5, 0.6) is 0 Å². The van der Waals surface area contributed by atoms with Crippen molar-refractivity contribution < 1.29 is 9.18 Å². The molecule has 0 spiro atoms. The van der Waals surface area contributed by atoms with E-state index in [4.69, 9.17) is 0 Å². The van der Waals surface area contributed by atoms with Gasteiger partial charge in [0.05, 0.1) is 23.4 Å². The topological polar surface area (TPSA) is 77.6 Å². The molecule has 1 amide bonds. The van der Waals surface area contributed by atoms with Crippen molar-refractivity contribution >= 4 is 16.9 Å². The number of halogens is 1. The molecule has 2 aromatic carbocycles. The molecule has 7 nitrogen and oxygen atoms in total. The van der Waals surface area contributed by atoms with Gasteiger partial charge in [-0.25, -0.2) is 13.8 Å². The molecule has 1 N–H and O–H groups in total. The molecule has 2 aromatic heterocycles. The van der Waals surface area contributed by atoms with Crippen LogP contribution < -0.4 is 5.32 Å². The van der Waals surface area contributed by atoms with Crippen LogP contribution in [0, 0.1) is 12.7 Å². The molecule has 2 heterocycles. The van der Waals surface area contributed by atoms with E-state index in [9.17, 15) is 9.18 Å². The smallest absolute Gasteiger partial charge is 0.251 e. The summed E-state index contributed by atoms with van der Waals surface area (Å²) in [5, 5.41) is 15.6. The van der Waals surface area contributed by atoms with Crippen molar-refractivity contribution in [2.75, 3.05) is 0 Å². The maximum absolute atomic E-state index is 13.2. The lowest BCUT2D eigenvalue weighted by Crippen LogP contribution is -2.27. The largest absolute Gasteiger partial charge is 0.345 e. The second-order valence-electron chi connectivity index (χ2n) is 6.88. The van der Waals surface area contributed by atoms with Crippen LogP contribution in [-0.2, 0) is 6.54 Å². The van der Waals surface area contributed by atoms with Crippen LogP contribution in [0.4, 0.5) is 4.39 Å². The lowest BCUT2D eigenvalue weighted by molar-refractivity contribution is 0.0940. The molecule has 8 heteroatoms. The number of rotatable bonds is 5. The van der Waals surface area contributed by atoms with Crippen LogP contribution in [0.1, 0.15) is 41.5 Å². The van der Waals surface area contributed by atoms with Crippen molar-refractivity contribution in [2.24, 2.45) is 0 Å². The van der Waals surface area contributed by atoms with Gasteiger partial charge >= 0.3 is 0 Å². The zero-order valence-corrected chi connectivity index (χ0v) is 16.4. The fourth-order valence-electron chi connectivity index (χ4n) is 3.39. The molecule has 29 heavy (non-hydrogen) atoms. The van der Waals surface area contributed by atoms with E-state index in [2.05, 4.69) is 20.7 Å². The van der Waals surface area contributed by atoms with E-state index < -0.39 is 0 Å². The van der Waals surface area contributed by atoms with Crippen LogP contribution in [0.15, 0.2) is 48.7 Å². The molecule has 4 rings (SSSR count). The number of aromatic nitrogens is 5. The van der Waals surface area contributed by atoms with Gasteiger partial charge in [-0.3, -0.25) is 4.79 Å². The number of hydrogen-bond acceptors (Lipinski definition) is 4. The number of carbonyl (C=O) groups excluding carboxylic acids is 1. The van der Waals surface area contributed by atoms with E-state index >= 15 is 0 Å². The quantitative estimate of drug-likeness (QED) is 0.563. The van der Waals surface area contributed by atoms with Gasteiger partial charge in [0, 0.05) is 23.4 Å². The van der Waals surface area contributed by atoms with Crippen molar-refractivity contribution in [1.29, 1.82) is 0 Å². The van der Waals surface area contributed by atoms with Crippen LogP contribution >= 0.6 is 0 Å². The fraction of sp³-hybridized carbons (Fsp3) is 0.238. The Kier molecular flexibility index (Phi) is 4.84. The minimum atomic E-state index is -0.296. The van der Waals surface area contributed by atoms with Crippen molar-refractivity contribution in [3.05, 3.63) is 71.3 Å². The number of benzene rings is 2. The Balaban J connectivity index is 1.54. The van der Waals surface area contributed by atoms with Crippen molar-refractivity contribution in [3.8, 4) is 5.69 Å². The van der Waals surface area contributed by atoms with E-state index in [1.54, 1.807) is 39.8 Å². The Labute approximate surface area is 167 Å².